The van der Waals surface area contributed by atoms with Crippen LogP contribution in [0.2, 0.25) is 0 Å². The molecule has 0 saturated heterocycles. The molecule has 1 N–H and O–H groups in total. The van der Waals surface area contributed by atoms with E-state index in [2.05, 4.69) is 25.6 Å². The van der Waals surface area contributed by atoms with Crippen molar-refractivity contribution in [2.45, 2.75) is 17.9 Å². The van der Waals surface area contributed by atoms with Crippen molar-refractivity contribution < 1.29 is 13.2 Å². The predicted molar refractivity (Wildman–Crippen MR) is 83.7 cm³/mol. The highest BCUT2D eigenvalue weighted by molar-refractivity contribution is 9.10. The Hall–Kier alpha value is -1.44. The topological polar surface area (TPSA) is 68.3 Å². The summed E-state index contributed by atoms with van der Waals surface area (Å²) < 4.78 is 33.2. The van der Waals surface area contributed by atoms with Crippen LogP contribution in [0.15, 0.2) is 52.0 Å². The van der Waals surface area contributed by atoms with E-state index in [1.165, 1.54) is 19.4 Å². The highest BCUT2D eigenvalue weighted by Gasteiger charge is 2.23. The standard InChI is InChI=1S/C14H15BrN2O3S/c1-10(11-6-4-3-5-7-11)17-21(18,19)13-8-12(15)9-16-14(13)20-2/h3-10,17H,1-2H3. The summed E-state index contributed by atoms with van der Waals surface area (Å²) >= 11 is 3.22. The van der Waals surface area contributed by atoms with Crippen molar-refractivity contribution >= 4 is 26.0 Å². The Morgan fingerprint density at radius 3 is 2.57 bits per heavy atom. The minimum atomic E-state index is -3.74. The van der Waals surface area contributed by atoms with Gasteiger partial charge in [-0.2, -0.15) is 0 Å². The van der Waals surface area contributed by atoms with Crippen LogP contribution in [0.25, 0.3) is 0 Å². The van der Waals surface area contributed by atoms with Gasteiger partial charge in [-0.05, 0) is 34.5 Å². The Balaban J connectivity index is 2.33. The molecule has 1 aromatic heterocycles. The van der Waals surface area contributed by atoms with Gasteiger partial charge in [-0.25, -0.2) is 18.1 Å². The average Bonchev–Trinajstić information content (AvgIpc) is 2.47. The maximum atomic E-state index is 12.5. The normalized spacial score (nSPS) is 12.9. The molecule has 2 rings (SSSR count). The number of ether oxygens (including phenoxy) is 1. The van der Waals surface area contributed by atoms with Gasteiger partial charge in [0.15, 0.2) is 0 Å². The summed E-state index contributed by atoms with van der Waals surface area (Å²) in [5, 5.41) is 0. The molecule has 1 unspecified atom stereocenters. The number of hydrogen-bond acceptors (Lipinski definition) is 4. The number of nitrogens with one attached hydrogen (secondary N) is 1. The molecule has 0 aliphatic carbocycles. The molecule has 0 fully saturated rings. The smallest absolute Gasteiger partial charge is 0.246 e. The van der Waals surface area contributed by atoms with Crippen LogP contribution in [0.3, 0.4) is 0 Å². The fourth-order valence-corrected chi connectivity index (χ4v) is 3.72. The van der Waals surface area contributed by atoms with Crippen molar-refractivity contribution in [3.63, 3.8) is 0 Å². The van der Waals surface area contributed by atoms with Crippen LogP contribution in [0.4, 0.5) is 0 Å². The Morgan fingerprint density at radius 1 is 1.29 bits per heavy atom. The first-order valence-electron chi connectivity index (χ1n) is 6.21. The minimum Gasteiger partial charge on any atom is -0.480 e. The second-order valence-corrected chi connectivity index (χ2v) is 7.01. The quantitative estimate of drug-likeness (QED) is 0.878. The van der Waals surface area contributed by atoms with E-state index in [1.54, 1.807) is 6.92 Å². The van der Waals surface area contributed by atoms with Crippen LogP contribution >= 0.6 is 15.9 Å². The monoisotopic (exact) mass is 370 g/mol. The summed E-state index contributed by atoms with van der Waals surface area (Å²) in [4.78, 5) is 3.96. The molecule has 0 saturated carbocycles. The van der Waals surface area contributed by atoms with Gasteiger partial charge >= 0.3 is 0 Å². The maximum absolute atomic E-state index is 12.5. The Morgan fingerprint density at radius 2 is 1.95 bits per heavy atom. The fourth-order valence-electron chi connectivity index (χ4n) is 1.86. The van der Waals surface area contributed by atoms with Gasteiger partial charge in [0.2, 0.25) is 15.9 Å². The lowest BCUT2D eigenvalue weighted by Gasteiger charge is -2.16. The Kier molecular flexibility index (Phi) is 4.97. The van der Waals surface area contributed by atoms with Crippen LogP contribution in [0.1, 0.15) is 18.5 Å². The van der Waals surface area contributed by atoms with Gasteiger partial charge in [-0.1, -0.05) is 30.3 Å². The summed E-state index contributed by atoms with van der Waals surface area (Å²) in [5.74, 6) is 0.0611. The molecule has 1 heterocycles. The van der Waals surface area contributed by atoms with Crippen molar-refractivity contribution in [1.82, 2.24) is 9.71 Å². The second kappa shape index (κ2) is 6.55. The summed E-state index contributed by atoms with van der Waals surface area (Å²) in [6.45, 7) is 1.78. The summed E-state index contributed by atoms with van der Waals surface area (Å²) in [6, 6.07) is 10.4. The van der Waals surface area contributed by atoms with Crippen molar-refractivity contribution in [1.29, 1.82) is 0 Å². The lowest BCUT2D eigenvalue weighted by atomic mass is 10.1. The van der Waals surface area contributed by atoms with Gasteiger partial charge in [0.1, 0.15) is 4.90 Å². The summed E-state index contributed by atoms with van der Waals surface area (Å²) in [5.41, 5.74) is 0.878. The molecule has 0 spiro atoms. The minimum absolute atomic E-state index is 0.00200. The lowest BCUT2D eigenvalue weighted by molar-refractivity contribution is 0.384. The molecule has 0 aliphatic rings. The number of aromatic nitrogens is 1. The third kappa shape index (κ3) is 3.81. The van der Waals surface area contributed by atoms with E-state index >= 15 is 0 Å². The highest BCUT2D eigenvalue weighted by atomic mass is 79.9. The molecule has 5 nitrogen and oxygen atoms in total. The summed E-state index contributed by atoms with van der Waals surface area (Å²) in [7, 11) is -2.36. The van der Waals surface area contributed by atoms with E-state index in [1.807, 2.05) is 30.3 Å². The molecule has 0 amide bonds. The van der Waals surface area contributed by atoms with Crippen LogP contribution in [-0.2, 0) is 10.0 Å². The van der Waals surface area contributed by atoms with Crippen molar-refractivity contribution in [3.8, 4) is 5.88 Å². The van der Waals surface area contributed by atoms with Gasteiger partial charge < -0.3 is 4.74 Å². The van der Waals surface area contributed by atoms with E-state index in [0.717, 1.165) is 5.56 Å². The molecule has 2 aromatic rings. The first-order chi connectivity index (χ1) is 9.94. The zero-order valence-corrected chi connectivity index (χ0v) is 14.0. The Labute approximate surface area is 132 Å². The number of halogens is 1. The maximum Gasteiger partial charge on any atom is 0.246 e. The largest absolute Gasteiger partial charge is 0.480 e. The number of nitrogens with zero attached hydrogens (tertiary/aromatic N) is 1. The molecule has 112 valence electrons. The zero-order chi connectivity index (χ0) is 15.5. The third-order valence-corrected chi connectivity index (χ3v) is 4.87. The third-order valence-electron chi connectivity index (χ3n) is 2.90. The average molecular weight is 371 g/mol. The van der Waals surface area contributed by atoms with Gasteiger partial charge in [0.25, 0.3) is 0 Å². The Bertz CT molecular complexity index is 720. The predicted octanol–water partition coefficient (Wildman–Crippen LogP) is 2.89. The molecular formula is C14H15BrN2O3S. The molecule has 1 aromatic carbocycles. The van der Waals surface area contributed by atoms with E-state index in [0.29, 0.717) is 4.47 Å². The van der Waals surface area contributed by atoms with Crippen molar-refractivity contribution in [2.75, 3.05) is 7.11 Å². The fraction of sp³-hybridized carbons (Fsp3) is 0.214. The molecule has 7 heteroatoms. The highest BCUT2D eigenvalue weighted by Crippen LogP contribution is 2.26. The lowest BCUT2D eigenvalue weighted by Crippen LogP contribution is -2.27. The molecule has 0 aliphatic heterocycles. The van der Waals surface area contributed by atoms with Crippen LogP contribution in [0, 0.1) is 0 Å². The van der Waals surface area contributed by atoms with Crippen LogP contribution in [-0.4, -0.2) is 20.5 Å². The van der Waals surface area contributed by atoms with Gasteiger partial charge in [0.05, 0.1) is 7.11 Å². The van der Waals surface area contributed by atoms with Gasteiger partial charge in [-0.3, -0.25) is 0 Å². The zero-order valence-electron chi connectivity index (χ0n) is 11.6. The van der Waals surface area contributed by atoms with E-state index in [9.17, 15) is 8.42 Å². The molecule has 0 bridgehead atoms. The number of rotatable bonds is 5. The van der Waals surface area contributed by atoms with Gasteiger partial charge in [0, 0.05) is 16.7 Å². The first-order valence-corrected chi connectivity index (χ1v) is 8.48. The van der Waals surface area contributed by atoms with Crippen LogP contribution in [0.5, 0.6) is 5.88 Å². The summed E-state index contributed by atoms with van der Waals surface area (Å²) in [6.07, 6.45) is 1.48. The first kappa shape index (κ1) is 15.9. The molecular weight excluding hydrogens is 356 g/mol. The number of sulfonamides is 1. The van der Waals surface area contributed by atoms with Crippen molar-refractivity contribution in [3.05, 3.63) is 52.6 Å². The molecule has 1 atom stereocenters. The van der Waals surface area contributed by atoms with Crippen LogP contribution < -0.4 is 9.46 Å². The van der Waals surface area contributed by atoms with Gasteiger partial charge in [-0.15, -0.1) is 0 Å². The van der Waals surface area contributed by atoms with E-state index in [-0.39, 0.29) is 16.8 Å². The molecule has 21 heavy (non-hydrogen) atoms. The van der Waals surface area contributed by atoms with Crippen molar-refractivity contribution in [2.24, 2.45) is 0 Å². The van der Waals surface area contributed by atoms with E-state index in [4.69, 9.17) is 4.74 Å². The van der Waals surface area contributed by atoms with E-state index < -0.39 is 10.0 Å². The number of pyridine rings is 1. The SMILES string of the molecule is COc1ncc(Br)cc1S(=O)(=O)NC(C)c1ccccc1. The number of methoxy groups -OCH3 is 1. The number of benzene rings is 1. The number of hydrogen-bond donors (Lipinski definition) is 1. The second-order valence-electron chi connectivity index (χ2n) is 4.41. The molecule has 0 radical (unpaired) electrons.